The second kappa shape index (κ2) is 6.32. The highest BCUT2D eigenvalue weighted by molar-refractivity contribution is 8.16. The van der Waals surface area contributed by atoms with Crippen LogP contribution in [0.2, 0.25) is 0 Å². The first-order chi connectivity index (χ1) is 12.4. The van der Waals surface area contributed by atoms with Gasteiger partial charge in [-0.2, -0.15) is 15.6 Å². The second-order valence-electron chi connectivity index (χ2n) is 6.19. The van der Waals surface area contributed by atoms with Crippen molar-refractivity contribution in [2.75, 3.05) is 5.75 Å². The molecule has 2 aromatic rings. The van der Waals surface area contributed by atoms with Crippen LogP contribution in [0.3, 0.4) is 0 Å². The number of fused-ring (bicyclic) bond motifs is 2. The Morgan fingerprint density at radius 1 is 1.31 bits per heavy atom. The van der Waals surface area contributed by atoms with Crippen LogP contribution in [-0.2, 0) is 9.67 Å². The van der Waals surface area contributed by atoms with Gasteiger partial charge in [0.2, 0.25) is 5.91 Å². The smallest absolute Gasteiger partial charge is 0.241 e. The average Bonchev–Trinajstić information content (AvgIpc) is 3.01. The van der Waals surface area contributed by atoms with Gasteiger partial charge < -0.3 is 0 Å². The van der Waals surface area contributed by atoms with Gasteiger partial charge >= 0.3 is 0 Å². The topological polar surface area (TPSA) is 32.7 Å². The first-order valence-electron chi connectivity index (χ1n) is 8.06. The van der Waals surface area contributed by atoms with E-state index in [9.17, 15) is 13.6 Å². The number of nitrogens with zero attached hydrogens (tertiary/aromatic N) is 2. The summed E-state index contributed by atoms with van der Waals surface area (Å²) < 4.78 is 28.0. The van der Waals surface area contributed by atoms with Gasteiger partial charge in [0.15, 0.2) is 0 Å². The first kappa shape index (κ1) is 17.4. The number of hydrazone groups is 1. The Labute approximate surface area is 157 Å². The monoisotopic (exact) mass is 390 g/mol. The molecule has 0 saturated heterocycles. The molecule has 4 rings (SSSR count). The fourth-order valence-corrected chi connectivity index (χ4v) is 6.59. The molecule has 0 saturated carbocycles. The summed E-state index contributed by atoms with van der Waals surface area (Å²) in [5.41, 5.74) is 1.05. The number of amides is 1. The number of carbonyl (C=O) groups is 1. The molecule has 1 spiro atoms. The van der Waals surface area contributed by atoms with Gasteiger partial charge in [0, 0.05) is 22.9 Å². The van der Waals surface area contributed by atoms with Gasteiger partial charge in [-0.15, -0.1) is 0 Å². The molecule has 7 heteroatoms. The van der Waals surface area contributed by atoms with Crippen molar-refractivity contribution in [2.24, 2.45) is 5.10 Å². The van der Waals surface area contributed by atoms with Crippen molar-refractivity contribution in [3.63, 3.8) is 0 Å². The van der Waals surface area contributed by atoms with Crippen LogP contribution in [-0.4, -0.2) is 27.6 Å². The highest BCUT2D eigenvalue weighted by Crippen LogP contribution is 2.56. The van der Waals surface area contributed by atoms with Crippen LogP contribution >= 0.6 is 22.2 Å². The highest BCUT2D eigenvalue weighted by atomic mass is 32.2. The zero-order valence-electron chi connectivity index (χ0n) is 14.0. The minimum Gasteiger partial charge on any atom is -0.273 e. The van der Waals surface area contributed by atoms with Crippen molar-refractivity contribution in [1.82, 2.24) is 5.01 Å². The summed E-state index contributed by atoms with van der Waals surface area (Å²) >= 11 is 1.32. The Kier molecular flexibility index (Phi) is 4.23. The van der Waals surface area contributed by atoms with E-state index in [0.717, 1.165) is 34.4 Å². The summed E-state index contributed by atoms with van der Waals surface area (Å²) in [4.78, 5) is 12.7. The van der Waals surface area contributed by atoms with E-state index in [1.54, 1.807) is 0 Å². The van der Waals surface area contributed by atoms with Crippen molar-refractivity contribution < 1.29 is 13.6 Å². The maximum absolute atomic E-state index is 14.3. The predicted molar refractivity (Wildman–Crippen MR) is 104 cm³/mol. The standard InChI is InChI=1S/C19H16F2N2OS2/c1-12(24)23-19(9-10-26(2)17-6-4-3-5-15(17)19)25-18(22-23)14-11-13(20)7-8-16(14)21/h3-8,11H,2,9-10H2,1H3. The third-order valence-corrected chi connectivity index (χ3v) is 7.67. The molecule has 3 nitrogen and oxygen atoms in total. The van der Waals surface area contributed by atoms with E-state index in [0.29, 0.717) is 11.5 Å². The van der Waals surface area contributed by atoms with Crippen molar-refractivity contribution in [3.05, 3.63) is 65.2 Å². The Morgan fingerprint density at radius 2 is 2.08 bits per heavy atom. The molecule has 2 atom stereocenters. The van der Waals surface area contributed by atoms with Crippen LogP contribution in [0.4, 0.5) is 8.78 Å². The molecule has 0 aromatic heterocycles. The molecule has 2 aliphatic heterocycles. The van der Waals surface area contributed by atoms with Crippen molar-refractivity contribution in [2.45, 2.75) is 23.1 Å². The van der Waals surface area contributed by atoms with E-state index in [-0.39, 0.29) is 22.0 Å². The van der Waals surface area contributed by atoms with Crippen LogP contribution in [0.15, 0.2) is 52.5 Å². The molecule has 1 amide bonds. The van der Waals surface area contributed by atoms with Crippen molar-refractivity contribution >= 4 is 39.1 Å². The van der Waals surface area contributed by atoms with Crippen LogP contribution < -0.4 is 0 Å². The molecule has 2 unspecified atom stereocenters. The summed E-state index contributed by atoms with van der Waals surface area (Å²) in [7, 11) is -0.165. The van der Waals surface area contributed by atoms with Gasteiger partial charge in [-0.3, -0.25) is 4.79 Å². The predicted octanol–water partition coefficient (Wildman–Crippen LogP) is 4.54. The lowest BCUT2D eigenvalue weighted by Gasteiger charge is -2.40. The van der Waals surface area contributed by atoms with Crippen LogP contribution in [0.5, 0.6) is 0 Å². The van der Waals surface area contributed by atoms with Gasteiger partial charge in [0.1, 0.15) is 21.5 Å². The lowest BCUT2D eigenvalue weighted by molar-refractivity contribution is -0.132. The number of hydrogen-bond donors (Lipinski definition) is 0. The maximum Gasteiger partial charge on any atom is 0.241 e. The summed E-state index contributed by atoms with van der Waals surface area (Å²) in [5, 5.41) is 6.14. The number of benzene rings is 2. The Morgan fingerprint density at radius 3 is 2.85 bits per heavy atom. The van der Waals surface area contributed by atoms with Gasteiger partial charge in [-0.05, 0) is 36.4 Å². The first-order valence-corrected chi connectivity index (χ1v) is 10.4. The van der Waals surface area contributed by atoms with E-state index in [2.05, 4.69) is 11.0 Å². The number of carbonyl (C=O) groups excluding carboxylic acids is 1. The molecule has 2 heterocycles. The van der Waals surface area contributed by atoms with E-state index in [1.165, 1.54) is 23.7 Å². The molecule has 0 aliphatic carbocycles. The molecule has 0 N–H and O–H groups in total. The minimum atomic E-state index is -0.738. The quantitative estimate of drug-likeness (QED) is 0.670. The highest BCUT2D eigenvalue weighted by Gasteiger charge is 2.50. The minimum absolute atomic E-state index is 0.0785. The summed E-state index contributed by atoms with van der Waals surface area (Å²) in [5.74, 6) is 3.72. The molecule has 2 aliphatic rings. The molecular weight excluding hydrogens is 374 g/mol. The van der Waals surface area contributed by atoms with Gasteiger partial charge in [0.25, 0.3) is 0 Å². The second-order valence-corrected chi connectivity index (χ2v) is 9.29. The molecular formula is C19H16F2N2OS2. The largest absolute Gasteiger partial charge is 0.273 e. The zero-order valence-corrected chi connectivity index (χ0v) is 15.7. The zero-order chi connectivity index (χ0) is 18.5. The number of rotatable bonds is 1. The van der Waals surface area contributed by atoms with Crippen LogP contribution in [0.1, 0.15) is 24.5 Å². The average molecular weight is 390 g/mol. The summed E-state index contributed by atoms with van der Waals surface area (Å²) in [6.07, 6.45) is 0.658. The summed E-state index contributed by atoms with van der Waals surface area (Å²) in [6.45, 7) is 1.44. The summed E-state index contributed by atoms with van der Waals surface area (Å²) in [6, 6.07) is 11.1. The number of halogens is 2. The maximum atomic E-state index is 14.3. The molecule has 0 radical (unpaired) electrons. The van der Waals surface area contributed by atoms with Crippen LogP contribution in [0, 0.1) is 11.6 Å². The lowest BCUT2D eigenvalue weighted by atomic mass is 10.0. The number of thioether (sulfide) groups is 1. The normalized spacial score (nSPS) is 24.5. The van der Waals surface area contributed by atoms with Gasteiger partial charge in [-0.1, -0.05) is 35.8 Å². The van der Waals surface area contributed by atoms with E-state index in [1.807, 2.05) is 24.3 Å². The molecule has 0 fully saturated rings. The van der Waals surface area contributed by atoms with E-state index >= 15 is 0 Å². The molecule has 2 aromatic carbocycles. The molecule has 0 bridgehead atoms. The third-order valence-electron chi connectivity index (χ3n) is 4.56. The SMILES string of the molecule is C=S1CCC2(SC(c3cc(F)ccc3F)=NN2C(C)=O)c2ccccc21. The van der Waals surface area contributed by atoms with Crippen LogP contribution in [0.25, 0.3) is 0 Å². The van der Waals surface area contributed by atoms with Crippen molar-refractivity contribution in [1.29, 1.82) is 0 Å². The lowest BCUT2D eigenvalue weighted by Crippen LogP contribution is -2.42. The van der Waals surface area contributed by atoms with E-state index in [4.69, 9.17) is 0 Å². The van der Waals surface area contributed by atoms with Gasteiger partial charge in [-0.25, -0.2) is 13.8 Å². The van der Waals surface area contributed by atoms with Gasteiger partial charge in [0.05, 0.1) is 0 Å². The Hall–Kier alpha value is -1.99. The number of hydrogen-bond acceptors (Lipinski definition) is 3. The van der Waals surface area contributed by atoms with E-state index < -0.39 is 16.5 Å². The van der Waals surface area contributed by atoms with Crippen molar-refractivity contribution in [3.8, 4) is 0 Å². The molecule has 134 valence electrons. The molecule has 26 heavy (non-hydrogen) atoms. The fraction of sp³-hybridized carbons (Fsp3) is 0.211. The Balaban J connectivity index is 1.87. The fourth-order valence-electron chi connectivity index (χ4n) is 3.36. The third kappa shape index (κ3) is 2.61. The Bertz CT molecular complexity index is 976.